The molecule has 2 aromatic carbocycles. The van der Waals surface area contributed by atoms with Gasteiger partial charge in [-0.05, 0) is 43.0 Å². The Kier molecular flexibility index (Phi) is 4.80. The zero-order valence-corrected chi connectivity index (χ0v) is 12.4. The van der Waals surface area contributed by atoms with Crippen molar-refractivity contribution < 1.29 is 9.84 Å². The molecule has 1 N–H and O–H groups in total. The number of aliphatic hydroxyl groups is 1. The normalized spacial score (nSPS) is 12.2. The maximum absolute atomic E-state index is 10.8. The van der Waals surface area contributed by atoms with Crippen LogP contribution in [-0.4, -0.2) is 11.7 Å². The van der Waals surface area contributed by atoms with Crippen LogP contribution in [0.3, 0.4) is 0 Å². The average molecular weight is 270 g/mol. The van der Waals surface area contributed by atoms with E-state index in [0.29, 0.717) is 6.61 Å². The minimum absolute atomic E-state index is 0.649. The third-order valence-electron chi connectivity index (χ3n) is 3.49. The van der Waals surface area contributed by atoms with Gasteiger partial charge in [-0.1, -0.05) is 43.3 Å². The van der Waals surface area contributed by atoms with E-state index in [4.69, 9.17) is 4.74 Å². The van der Waals surface area contributed by atoms with Crippen molar-refractivity contribution >= 4 is 0 Å². The van der Waals surface area contributed by atoms with E-state index in [1.54, 1.807) is 0 Å². The van der Waals surface area contributed by atoms with Gasteiger partial charge in [0.2, 0.25) is 0 Å². The first-order valence-electron chi connectivity index (χ1n) is 7.11. The van der Waals surface area contributed by atoms with E-state index in [1.807, 2.05) is 56.3 Å². The molecule has 0 heterocycles. The summed E-state index contributed by atoms with van der Waals surface area (Å²) in [5.41, 5.74) is 4.00. The Morgan fingerprint density at radius 3 is 2.30 bits per heavy atom. The fourth-order valence-corrected chi connectivity index (χ4v) is 2.46. The van der Waals surface area contributed by atoms with Crippen molar-refractivity contribution in [2.24, 2.45) is 0 Å². The van der Waals surface area contributed by atoms with Gasteiger partial charge < -0.3 is 9.84 Å². The van der Waals surface area contributed by atoms with Crippen LogP contribution < -0.4 is 4.74 Å². The molecule has 20 heavy (non-hydrogen) atoms. The molecule has 2 aromatic rings. The van der Waals surface area contributed by atoms with Gasteiger partial charge in [0.25, 0.3) is 0 Å². The first-order chi connectivity index (χ1) is 9.65. The number of ether oxygens (including phenoxy) is 1. The minimum Gasteiger partial charge on any atom is -0.493 e. The molecule has 1 atom stereocenters. The third kappa shape index (κ3) is 3.02. The summed E-state index contributed by atoms with van der Waals surface area (Å²) in [5.74, 6) is 0.768. The topological polar surface area (TPSA) is 29.5 Å². The van der Waals surface area contributed by atoms with Gasteiger partial charge in [-0.15, -0.1) is 0 Å². The minimum atomic E-state index is -0.649. The molecule has 0 aliphatic rings. The molecule has 2 nitrogen and oxygen atoms in total. The Hall–Kier alpha value is -1.80. The van der Waals surface area contributed by atoms with Crippen LogP contribution in [0, 0.1) is 13.8 Å². The Bertz CT molecular complexity index is 555. The van der Waals surface area contributed by atoms with Gasteiger partial charge in [-0.25, -0.2) is 0 Å². The highest BCUT2D eigenvalue weighted by Gasteiger charge is 2.18. The van der Waals surface area contributed by atoms with Gasteiger partial charge in [-0.2, -0.15) is 0 Å². The maximum atomic E-state index is 10.8. The van der Waals surface area contributed by atoms with Crippen LogP contribution in [0.1, 0.15) is 41.7 Å². The van der Waals surface area contributed by atoms with E-state index in [0.717, 1.165) is 34.4 Å². The first-order valence-corrected chi connectivity index (χ1v) is 7.11. The second-order valence-corrected chi connectivity index (χ2v) is 5.09. The van der Waals surface area contributed by atoms with Crippen LogP contribution >= 0.6 is 0 Å². The molecule has 0 aromatic heterocycles. The van der Waals surface area contributed by atoms with Gasteiger partial charge in [-0.3, -0.25) is 0 Å². The molecule has 0 saturated heterocycles. The number of hydrogen-bond donors (Lipinski definition) is 1. The molecule has 0 radical (unpaired) electrons. The van der Waals surface area contributed by atoms with E-state index < -0.39 is 6.10 Å². The van der Waals surface area contributed by atoms with Crippen LogP contribution in [0.5, 0.6) is 5.75 Å². The lowest BCUT2D eigenvalue weighted by atomic mass is 9.93. The highest BCUT2D eigenvalue weighted by atomic mass is 16.5. The van der Waals surface area contributed by atoms with Gasteiger partial charge in [0.1, 0.15) is 11.9 Å². The predicted octanol–water partition coefficient (Wildman–Crippen LogP) is 4.17. The lowest BCUT2D eigenvalue weighted by molar-refractivity contribution is 0.209. The van der Waals surface area contributed by atoms with E-state index in [9.17, 15) is 5.11 Å². The van der Waals surface area contributed by atoms with Crippen molar-refractivity contribution in [1.29, 1.82) is 0 Å². The van der Waals surface area contributed by atoms with Crippen LogP contribution in [0.4, 0.5) is 0 Å². The Morgan fingerprint density at radius 2 is 1.65 bits per heavy atom. The lowest BCUT2D eigenvalue weighted by Crippen LogP contribution is -2.07. The highest BCUT2D eigenvalue weighted by Crippen LogP contribution is 2.33. The summed E-state index contributed by atoms with van der Waals surface area (Å²) in [5, 5.41) is 10.8. The molecule has 0 saturated carbocycles. The fourth-order valence-electron chi connectivity index (χ4n) is 2.46. The molecule has 2 heteroatoms. The summed E-state index contributed by atoms with van der Waals surface area (Å²) in [4.78, 5) is 0. The van der Waals surface area contributed by atoms with Crippen molar-refractivity contribution in [1.82, 2.24) is 0 Å². The lowest BCUT2D eigenvalue weighted by Gasteiger charge is -2.19. The Labute approximate surface area is 121 Å². The molecule has 0 aliphatic heterocycles. The summed E-state index contributed by atoms with van der Waals surface area (Å²) >= 11 is 0. The average Bonchev–Trinajstić information content (AvgIpc) is 2.45. The number of para-hydroxylation sites is 1. The van der Waals surface area contributed by atoms with Crippen LogP contribution in [-0.2, 0) is 0 Å². The molecule has 0 bridgehead atoms. The Balaban J connectivity index is 2.40. The number of aryl methyl sites for hydroxylation is 2. The summed E-state index contributed by atoms with van der Waals surface area (Å²) < 4.78 is 5.75. The number of rotatable bonds is 5. The molecular weight excluding hydrogens is 248 g/mol. The zero-order chi connectivity index (χ0) is 14.5. The molecule has 0 aliphatic carbocycles. The van der Waals surface area contributed by atoms with E-state index >= 15 is 0 Å². The molecule has 0 amide bonds. The largest absolute Gasteiger partial charge is 0.493 e. The fraction of sp³-hybridized carbons (Fsp3) is 0.333. The smallest absolute Gasteiger partial charge is 0.125 e. The molecule has 2 rings (SSSR count). The van der Waals surface area contributed by atoms with Crippen molar-refractivity contribution in [2.45, 2.75) is 33.3 Å². The maximum Gasteiger partial charge on any atom is 0.125 e. The molecule has 1 unspecified atom stereocenters. The van der Waals surface area contributed by atoms with Gasteiger partial charge in [0, 0.05) is 5.56 Å². The number of aliphatic hydroxyl groups excluding tert-OH is 1. The Morgan fingerprint density at radius 1 is 1.00 bits per heavy atom. The molecule has 0 spiro atoms. The molecule has 106 valence electrons. The predicted molar refractivity (Wildman–Crippen MR) is 82.2 cm³/mol. The molecule has 0 fully saturated rings. The van der Waals surface area contributed by atoms with Crippen LogP contribution in [0.25, 0.3) is 0 Å². The number of benzene rings is 2. The van der Waals surface area contributed by atoms with Gasteiger partial charge in [0.05, 0.1) is 6.61 Å². The highest BCUT2D eigenvalue weighted by molar-refractivity contribution is 5.45. The second kappa shape index (κ2) is 6.58. The van der Waals surface area contributed by atoms with Crippen LogP contribution in [0.15, 0.2) is 42.5 Å². The van der Waals surface area contributed by atoms with Crippen molar-refractivity contribution in [3.63, 3.8) is 0 Å². The monoisotopic (exact) mass is 270 g/mol. The van der Waals surface area contributed by atoms with Crippen LogP contribution in [0.2, 0.25) is 0 Å². The summed E-state index contributed by atoms with van der Waals surface area (Å²) in [6, 6.07) is 13.8. The summed E-state index contributed by atoms with van der Waals surface area (Å²) in [6.45, 7) is 6.79. The van der Waals surface area contributed by atoms with E-state index in [-0.39, 0.29) is 0 Å². The summed E-state index contributed by atoms with van der Waals surface area (Å²) in [6.07, 6.45) is 0.303. The summed E-state index contributed by atoms with van der Waals surface area (Å²) in [7, 11) is 0. The number of hydrogen-bond acceptors (Lipinski definition) is 2. The van der Waals surface area contributed by atoms with E-state index in [1.165, 1.54) is 0 Å². The third-order valence-corrected chi connectivity index (χ3v) is 3.49. The standard InChI is InChI=1S/C18H22O2/c1-4-12-20-16-11-6-5-10-15(16)18(19)17-13(2)8-7-9-14(17)3/h5-11,18-19H,4,12H2,1-3H3. The van der Waals surface area contributed by atoms with Crippen molar-refractivity contribution in [3.8, 4) is 5.75 Å². The molecular formula is C18H22O2. The van der Waals surface area contributed by atoms with Crippen molar-refractivity contribution in [3.05, 3.63) is 64.7 Å². The van der Waals surface area contributed by atoms with E-state index in [2.05, 4.69) is 6.92 Å². The van der Waals surface area contributed by atoms with Gasteiger partial charge in [0.15, 0.2) is 0 Å². The second-order valence-electron chi connectivity index (χ2n) is 5.09. The SMILES string of the molecule is CCCOc1ccccc1C(O)c1c(C)cccc1C. The van der Waals surface area contributed by atoms with Gasteiger partial charge >= 0.3 is 0 Å². The quantitative estimate of drug-likeness (QED) is 0.883. The first kappa shape index (κ1) is 14.6. The van der Waals surface area contributed by atoms with Crippen molar-refractivity contribution in [2.75, 3.05) is 6.61 Å². The zero-order valence-electron chi connectivity index (χ0n) is 12.4.